The molecule has 31 heavy (non-hydrogen) atoms. The second kappa shape index (κ2) is 7.93. The van der Waals surface area contributed by atoms with Gasteiger partial charge < -0.3 is 5.32 Å². The third-order valence-corrected chi connectivity index (χ3v) is 6.67. The lowest BCUT2D eigenvalue weighted by molar-refractivity contribution is 0.101. The number of carbonyl (C=O) groups excluding carboxylic acids is 1. The number of thiazole rings is 1. The summed E-state index contributed by atoms with van der Waals surface area (Å²) in [6.07, 6.45) is 1.49. The number of rotatable bonds is 5. The van der Waals surface area contributed by atoms with Gasteiger partial charge in [-0.2, -0.15) is 5.10 Å². The van der Waals surface area contributed by atoms with Crippen molar-refractivity contribution in [2.24, 2.45) is 7.05 Å². The van der Waals surface area contributed by atoms with Crippen LogP contribution in [0, 0.1) is 6.92 Å². The predicted octanol–water partition coefficient (Wildman–Crippen LogP) is 2.75. The lowest BCUT2D eigenvalue weighted by atomic mass is 10.1. The minimum absolute atomic E-state index is 0.0101. The van der Waals surface area contributed by atoms with E-state index < -0.39 is 21.4 Å². The highest BCUT2D eigenvalue weighted by Gasteiger charge is 2.18. The zero-order chi connectivity index (χ0) is 22.2. The first-order valence-electron chi connectivity index (χ1n) is 9.06. The summed E-state index contributed by atoms with van der Waals surface area (Å²) in [5, 5.41) is 9.01. The molecule has 0 saturated heterocycles. The number of hydrogen-bond acceptors (Lipinski definition) is 7. The molecule has 0 radical (unpaired) electrons. The van der Waals surface area contributed by atoms with Crippen LogP contribution in [0.15, 0.2) is 63.7 Å². The third-order valence-electron chi connectivity index (χ3n) is 4.50. The van der Waals surface area contributed by atoms with E-state index >= 15 is 0 Å². The summed E-state index contributed by atoms with van der Waals surface area (Å²) in [5.74, 6) is -0.680. The van der Waals surface area contributed by atoms with Crippen molar-refractivity contribution < 1.29 is 13.2 Å². The molecule has 0 fully saturated rings. The molecule has 0 bridgehead atoms. The number of carbonyl (C=O) groups is 1. The summed E-state index contributed by atoms with van der Waals surface area (Å²) < 4.78 is 28.7. The maximum absolute atomic E-state index is 12.8. The van der Waals surface area contributed by atoms with E-state index in [-0.39, 0.29) is 15.7 Å². The number of anilines is 2. The average Bonchev–Trinajstić information content (AvgIpc) is 3.23. The molecule has 4 aromatic rings. The van der Waals surface area contributed by atoms with Gasteiger partial charge in [0.15, 0.2) is 10.8 Å². The summed E-state index contributed by atoms with van der Waals surface area (Å²) in [7, 11) is -2.15. The van der Waals surface area contributed by atoms with Crippen molar-refractivity contribution in [1.29, 1.82) is 0 Å². The van der Waals surface area contributed by atoms with Crippen molar-refractivity contribution in [3.63, 3.8) is 0 Å². The van der Waals surface area contributed by atoms with E-state index in [1.807, 2.05) is 13.0 Å². The number of sulfonamides is 1. The molecule has 0 saturated carbocycles. The van der Waals surface area contributed by atoms with Gasteiger partial charge in [-0.1, -0.05) is 11.6 Å². The topological polar surface area (TPSA) is 123 Å². The van der Waals surface area contributed by atoms with Crippen molar-refractivity contribution in [3.05, 3.63) is 75.5 Å². The lowest BCUT2D eigenvalue weighted by Gasteiger charge is -2.10. The highest BCUT2D eigenvalue weighted by atomic mass is 32.2. The van der Waals surface area contributed by atoms with E-state index in [2.05, 4.69) is 20.1 Å². The van der Waals surface area contributed by atoms with Gasteiger partial charge in [-0.3, -0.25) is 19.0 Å². The summed E-state index contributed by atoms with van der Waals surface area (Å²) in [6.45, 7) is 1.86. The number of nitrogens with zero attached hydrogens (tertiary/aromatic N) is 3. The van der Waals surface area contributed by atoms with Gasteiger partial charge in [-0.15, -0.1) is 11.3 Å². The standard InChI is InChI=1S/C20H17N5O4S2/c1-12-3-8-16-15(11-12)18(26)17(23-25(16)2)19(27)22-13-4-6-14(7-5-13)31(28,29)24-20-21-9-10-30-20/h3-11H,1-2H3,(H,21,24)(H,22,27). The monoisotopic (exact) mass is 455 g/mol. The summed E-state index contributed by atoms with van der Waals surface area (Å²) in [4.78, 5) is 29.4. The largest absolute Gasteiger partial charge is 0.320 e. The van der Waals surface area contributed by atoms with Gasteiger partial charge in [0.1, 0.15) is 0 Å². The Morgan fingerprint density at radius 2 is 1.87 bits per heavy atom. The summed E-state index contributed by atoms with van der Waals surface area (Å²) >= 11 is 1.16. The molecule has 0 atom stereocenters. The number of hydrogen-bond donors (Lipinski definition) is 2. The molecular weight excluding hydrogens is 438 g/mol. The Labute approximate surface area is 181 Å². The Kier molecular flexibility index (Phi) is 5.29. The Hall–Kier alpha value is -3.57. The Balaban J connectivity index is 1.58. The normalized spacial score (nSPS) is 11.4. The van der Waals surface area contributed by atoms with E-state index in [4.69, 9.17) is 0 Å². The van der Waals surface area contributed by atoms with Gasteiger partial charge in [-0.25, -0.2) is 13.4 Å². The quantitative estimate of drug-likeness (QED) is 0.477. The van der Waals surface area contributed by atoms with Gasteiger partial charge in [0, 0.05) is 24.3 Å². The summed E-state index contributed by atoms with van der Waals surface area (Å²) in [6, 6.07) is 10.9. The Morgan fingerprint density at radius 3 is 2.55 bits per heavy atom. The smallest absolute Gasteiger partial charge is 0.280 e. The van der Waals surface area contributed by atoms with E-state index in [0.29, 0.717) is 16.6 Å². The maximum atomic E-state index is 12.8. The molecule has 0 unspecified atom stereocenters. The fraction of sp³-hybridized carbons (Fsp3) is 0.100. The first-order valence-corrected chi connectivity index (χ1v) is 11.4. The van der Waals surface area contributed by atoms with Crippen LogP contribution in [0.4, 0.5) is 10.8 Å². The van der Waals surface area contributed by atoms with Crippen LogP contribution in [0.25, 0.3) is 10.9 Å². The fourth-order valence-corrected chi connectivity index (χ4v) is 4.78. The van der Waals surface area contributed by atoms with Gasteiger partial charge in [0.2, 0.25) is 5.43 Å². The van der Waals surface area contributed by atoms with Crippen molar-refractivity contribution in [3.8, 4) is 0 Å². The van der Waals surface area contributed by atoms with Crippen LogP contribution < -0.4 is 15.5 Å². The predicted molar refractivity (Wildman–Crippen MR) is 119 cm³/mol. The number of amides is 1. The average molecular weight is 456 g/mol. The molecule has 0 aliphatic heterocycles. The zero-order valence-electron chi connectivity index (χ0n) is 16.5. The van der Waals surface area contributed by atoms with Crippen LogP contribution in [0.5, 0.6) is 0 Å². The SMILES string of the molecule is Cc1ccc2c(c1)c(=O)c(C(=O)Nc1ccc(S(=O)(=O)Nc3nccs3)cc1)nn2C. The van der Waals surface area contributed by atoms with E-state index in [0.717, 1.165) is 16.9 Å². The maximum Gasteiger partial charge on any atom is 0.280 e. The molecule has 2 heterocycles. The number of nitrogens with one attached hydrogen (secondary N) is 2. The first-order chi connectivity index (χ1) is 14.7. The number of aryl methyl sites for hydroxylation is 2. The second-order valence-electron chi connectivity index (χ2n) is 6.74. The number of aromatic nitrogens is 3. The molecule has 9 nitrogen and oxygen atoms in total. The van der Waals surface area contributed by atoms with Gasteiger partial charge >= 0.3 is 0 Å². The Bertz CT molecular complexity index is 1440. The van der Waals surface area contributed by atoms with E-state index in [1.54, 1.807) is 24.6 Å². The zero-order valence-corrected chi connectivity index (χ0v) is 18.1. The molecule has 4 rings (SSSR count). The molecule has 0 aliphatic rings. The number of benzene rings is 2. The third kappa shape index (κ3) is 4.18. The summed E-state index contributed by atoms with van der Waals surface area (Å²) in [5.41, 5.74) is 1.12. The van der Waals surface area contributed by atoms with E-state index in [1.165, 1.54) is 35.1 Å². The van der Waals surface area contributed by atoms with Crippen molar-refractivity contribution in [2.75, 3.05) is 10.0 Å². The molecule has 2 aromatic heterocycles. The van der Waals surface area contributed by atoms with E-state index in [9.17, 15) is 18.0 Å². The van der Waals surface area contributed by atoms with Crippen LogP contribution >= 0.6 is 11.3 Å². The fourth-order valence-electron chi connectivity index (χ4n) is 2.99. The lowest BCUT2D eigenvalue weighted by Crippen LogP contribution is -2.26. The highest BCUT2D eigenvalue weighted by molar-refractivity contribution is 7.93. The van der Waals surface area contributed by atoms with Crippen LogP contribution in [0.2, 0.25) is 0 Å². The minimum atomic E-state index is -3.80. The molecule has 2 aromatic carbocycles. The number of fused-ring (bicyclic) bond motifs is 1. The van der Waals surface area contributed by atoms with Gasteiger partial charge in [0.05, 0.1) is 15.8 Å². The van der Waals surface area contributed by atoms with Crippen molar-refractivity contribution in [1.82, 2.24) is 14.8 Å². The molecular formula is C20H17N5O4S2. The molecule has 0 aliphatic carbocycles. The Morgan fingerprint density at radius 1 is 1.13 bits per heavy atom. The first kappa shape index (κ1) is 20.7. The van der Waals surface area contributed by atoms with Crippen LogP contribution in [-0.2, 0) is 17.1 Å². The van der Waals surface area contributed by atoms with Crippen molar-refractivity contribution in [2.45, 2.75) is 11.8 Å². The van der Waals surface area contributed by atoms with Gasteiger partial charge in [0.25, 0.3) is 15.9 Å². The molecule has 0 spiro atoms. The highest BCUT2D eigenvalue weighted by Crippen LogP contribution is 2.20. The van der Waals surface area contributed by atoms with Crippen LogP contribution in [0.3, 0.4) is 0 Å². The molecule has 1 amide bonds. The minimum Gasteiger partial charge on any atom is -0.320 e. The molecule has 158 valence electrons. The molecule has 11 heteroatoms. The van der Waals surface area contributed by atoms with Crippen molar-refractivity contribution >= 4 is 49.0 Å². The van der Waals surface area contributed by atoms with Gasteiger partial charge in [-0.05, 0) is 43.3 Å². The van der Waals surface area contributed by atoms with Crippen LogP contribution in [0.1, 0.15) is 16.1 Å². The van der Waals surface area contributed by atoms with Crippen LogP contribution in [-0.4, -0.2) is 29.1 Å². The molecule has 2 N–H and O–H groups in total. The second-order valence-corrected chi connectivity index (χ2v) is 9.32.